The fourth-order valence-electron chi connectivity index (χ4n) is 3.48. The Bertz CT molecular complexity index is 989. The molecule has 160 valence electrons. The van der Waals surface area contributed by atoms with Crippen molar-refractivity contribution in [3.05, 3.63) is 64.7 Å². The number of amides is 1. The number of nitrogens with zero attached hydrogens (tertiary/aromatic N) is 1. The van der Waals surface area contributed by atoms with Gasteiger partial charge in [-0.05, 0) is 37.2 Å². The summed E-state index contributed by atoms with van der Waals surface area (Å²) in [4.78, 5) is 12.2. The third kappa shape index (κ3) is 4.39. The van der Waals surface area contributed by atoms with Crippen molar-refractivity contribution in [1.82, 2.24) is 10.4 Å². The summed E-state index contributed by atoms with van der Waals surface area (Å²) in [5, 5.41) is 1.05. The Morgan fingerprint density at radius 3 is 2.60 bits per heavy atom. The number of thiocarbonyl (C=S) groups is 1. The van der Waals surface area contributed by atoms with E-state index in [-0.39, 0.29) is 35.0 Å². The number of nitrogens with two attached hydrogens (primary N) is 1. The van der Waals surface area contributed by atoms with Gasteiger partial charge in [0.15, 0.2) is 11.6 Å². The number of hydrogen-bond donors (Lipinski definition) is 2. The van der Waals surface area contributed by atoms with Crippen LogP contribution in [0.4, 0.5) is 17.6 Å². The quantitative estimate of drug-likeness (QED) is 0.433. The summed E-state index contributed by atoms with van der Waals surface area (Å²) < 4.78 is 61.4. The molecule has 0 aliphatic carbocycles. The van der Waals surface area contributed by atoms with Crippen LogP contribution in [0.25, 0.3) is 0 Å². The van der Waals surface area contributed by atoms with E-state index >= 15 is 0 Å². The monoisotopic (exact) mass is 441 g/mol. The van der Waals surface area contributed by atoms with Crippen molar-refractivity contribution in [3.8, 4) is 5.75 Å². The molecule has 3 rings (SSSR count). The summed E-state index contributed by atoms with van der Waals surface area (Å²) in [6.45, 7) is 1.46. The fraction of sp³-hybridized carbons (Fsp3) is 0.300. The topological polar surface area (TPSA) is 67.6 Å². The minimum atomic E-state index is -0.913. The van der Waals surface area contributed by atoms with Crippen molar-refractivity contribution in [2.45, 2.75) is 19.4 Å². The van der Waals surface area contributed by atoms with Crippen LogP contribution in [-0.2, 0) is 4.79 Å². The second kappa shape index (κ2) is 8.97. The molecule has 1 aliphatic heterocycles. The zero-order chi connectivity index (χ0) is 22.0. The lowest BCUT2D eigenvalue weighted by Crippen LogP contribution is -2.51. The Morgan fingerprint density at radius 2 is 1.93 bits per heavy atom. The van der Waals surface area contributed by atoms with Crippen LogP contribution >= 0.6 is 12.2 Å². The number of hydrogen-bond acceptors (Lipinski definition) is 4. The van der Waals surface area contributed by atoms with Gasteiger partial charge in [0.1, 0.15) is 22.4 Å². The van der Waals surface area contributed by atoms with E-state index in [4.69, 9.17) is 22.7 Å². The van der Waals surface area contributed by atoms with Gasteiger partial charge in [0, 0.05) is 30.0 Å². The summed E-state index contributed by atoms with van der Waals surface area (Å²) in [6, 6.07) is 3.56. The van der Waals surface area contributed by atoms with E-state index in [9.17, 15) is 22.4 Å². The van der Waals surface area contributed by atoms with E-state index in [2.05, 4.69) is 5.43 Å². The highest BCUT2D eigenvalue weighted by Crippen LogP contribution is 2.42. The first-order valence-electron chi connectivity index (χ1n) is 9.10. The first-order valence-corrected chi connectivity index (χ1v) is 9.51. The summed E-state index contributed by atoms with van der Waals surface area (Å²) in [6.07, 6.45) is 0.370. The van der Waals surface area contributed by atoms with E-state index in [1.807, 2.05) is 0 Å². The molecule has 0 saturated heterocycles. The molecule has 2 unspecified atom stereocenters. The number of carbonyl (C=O) groups excluding carboxylic acids is 1. The smallest absolute Gasteiger partial charge is 0.238 e. The van der Waals surface area contributed by atoms with E-state index in [1.54, 1.807) is 0 Å². The van der Waals surface area contributed by atoms with Gasteiger partial charge in [0.05, 0.1) is 12.6 Å². The standard InChI is InChI=1S/C20H19F4N3O2S/c1-10(28)27(26-20(30)14-6-12(21)2-3-16(14)23)18-11(4-5-25)9-29-19-15(18)7-13(22)8-17(19)24/h2-3,6-8,11,18H,4-5,9,25H2,1H3,(H,26,30). The Balaban J connectivity index is 2.04. The molecule has 1 amide bonds. The molecule has 30 heavy (non-hydrogen) atoms. The van der Waals surface area contributed by atoms with Crippen molar-refractivity contribution in [2.24, 2.45) is 11.7 Å². The van der Waals surface area contributed by atoms with Gasteiger partial charge in [-0.15, -0.1) is 0 Å². The highest BCUT2D eigenvalue weighted by molar-refractivity contribution is 7.80. The van der Waals surface area contributed by atoms with Crippen LogP contribution in [0.3, 0.4) is 0 Å². The molecular weight excluding hydrogens is 422 g/mol. The highest BCUT2D eigenvalue weighted by atomic mass is 32.1. The predicted molar refractivity (Wildman–Crippen MR) is 105 cm³/mol. The lowest BCUT2D eigenvalue weighted by molar-refractivity contribution is -0.136. The second-order valence-corrected chi connectivity index (χ2v) is 7.26. The van der Waals surface area contributed by atoms with Gasteiger partial charge in [-0.1, -0.05) is 12.2 Å². The highest BCUT2D eigenvalue weighted by Gasteiger charge is 2.39. The third-order valence-corrected chi connectivity index (χ3v) is 5.11. The number of ether oxygens (including phenoxy) is 1. The summed E-state index contributed by atoms with van der Waals surface area (Å²) in [7, 11) is 0. The molecular formula is C20H19F4N3O2S. The van der Waals surface area contributed by atoms with Crippen molar-refractivity contribution < 1.29 is 27.1 Å². The number of benzene rings is 2. The molecule has 0 bridgehead atoms. The number of hydrazine groups is 1. The van der Waals surface area contributed by atoms with Gasteiger partial charge < -0.3 is 10.5 Å². The summed E-state index contributed by atoms with van der Waals surface area (Å²) in [5.74, 6) is -4.45. The van der Waals surface area contributed by atoms with Gasteiger partial charge in [0.25, 0.3) is 0 Å². The maximum Gasteiger partial charge on any atom is 0.238 e. The molecule has 0 spiro atoms. The van der Waals surface area contributed by atoms with E-state index in [1.165, 1.54) is 6.92 Å². The molecule has 1 heterocycles. The number of carbonyl (C=O) groups is 1. The zero-order valence-corrected chi connectivity index (χ0v) is 16.7. The number of rotatable bonds is 4. The van der Waals surface area contributed by atoms with E-state index in [0.29, 0.717) is 12.5 Å². The molecule has 0 saturated carbocycles. The van der Waals surface area contributed by atoms with Gasteiger partial charge in [0.2, 0.25) is 5.91 Å². The Labute approximate surface area is 175 Å². The minimum Gasteiger partial charge on any atom is -0.490 e. The van der Waals surface area contributed by atoms with Gasteiger partial charge in [-0.2, -0.15) is 0 Å². The van der Waals surface area contributed by atoms with Gasteiger partial charge >= 0.3 is 0 Å². The van der Waals surface area contributed by atoms with E-state index < -0.39 is 41.1 Å². The molecule has 10 heteroatoms. The predicted octanol–water partition coefficient (Wildman–Crippen LogP) is 3.37. The maximum absolute atomic E-state index is 14.3. The molecule has 3 N–H and O–H groups in total. The number of fused-ring (bicyclic) bond motifs is 1. The zero-order valence-electron chi connectivity index (χ0n) is 15.9. The summed E-state index contributed by atoms with van der Waals surface area (Å²) >= 11 is 5.17. The average molecular weight is 441 g/mol. The van der Waals surface area contributed by atoms with Crippen LogP contribution in [0.1, 0.15) is 30.5 Å². The SMILES string of the molecule is CC(=O)N(NC(=S)c1cc(F)ccc1F)C1c2cc(F)cc(F)c2OCC1CCN. The van der Waals surface area contributed by atoms with Crippen LogP contribution < -0.4 is 15.9 Å². The minimum absolute atomic E-state index is 0.0178. The molecule has 0 radical (unpaired) electrons. The molecule has 1 aliphatic rings. The van der Waals surface area contributed by atoms with Gasteiger partial charge in [-0.25, -0.2) is 22.6 Å². The number of nitrogens with one attached hydrogen (secondary N) is 1. The van der Waals surface area contributed by atoms with Gasteiger partial charge in [-0.3, -0.25) is 10.2 Å². The molecule has 2 atom stereocenters. The van der Waals surface area contributed by atoms with E-state index in [0.717, 1.165) is 29.3 Å². The van der Waals surface area contributed by atoms with Crippen molar-refractivity contribution >= 4 is 23.1 Å². The number of halogens is 4. The first-order chi connectivity index (χ1) is 14.2. The lowest BCUT2D eigenvalue weighted by Gasteiger charge is -2.40. The van der Waals surface area contributed by atoms with Crippen LogP contribution in [0.15, 0.2) is 30.3 Å². The van der Waals surface area contributed by atoms with Crippen molar-refractivity contribution in [1.29, 1.82) is 0 Å². The first kappa shape index (κ1) is 22.0. The van der Waals surface area contributed by atoms with Crippen LogP contribution in [0.2, 0.25) is 0 Å². The largest absolute Gasteiger partial charge is 0.490 e. The maximum atomic E-state index is 14.3. The van der Waals surface area contributed by atoms with Crippen LogP contribution in [0.5, 0.6) is 5.75 Å². The molecule has 0 fully saturated rings. The third-order valence-electron chi connectivity index (χ3n) is 4.79. The van der Waals surface area contributed by atoms with Crippen molar-refractivity contribution in [2.75, 3.05) is 13.2 Å². The Hall–Kier alpha value is -2.72. The molecule has 2 aromatic rings. The van der Waals surface area contributed by atoms with Crippen LogP contribution in [-0.4, -0.2) is 29.1 Å². The lowest BCUT2D eigenvalue weighted by atomic mass is 9.87. The molecule has 0 aromatic heterocycles. The second-order valence-electron chi connectivity index (χ2n) is 6.85. The molecule has 2 aromatic carbocycles. The Morgan fingerprint density at radius 1 is 1.20 bits per heavy atom. The van der Waals surface area contributed by atoms with Crippen LogP contribution in [0, 0.1) is 29.2 Å². The molecule has 5 nitrogen and oxygen atoms in total. The average Bonchev–Trinajstić information content (AvgIpc) is 2.68. The Kier molecular flexibility index (Phi) is 6.57. The normalized spacial score (nSPS) is 17.7. The fourth-order valence-corrected chi connectivity index (χ4v) is 3.73. The summed E-state index contributed by atoms with van der Waals surface area (Å²) in [5.41, 5.74) is 8.09. The van der Waals surface area contributed by atoms with Crippen molar-refractivity contribution in [3.63, 3.8) is 0 Å².